The first-order valence-electron chi connectivity index (χ1n) is 10.1. The molecule has 0 fully saturated rings. The van der Waals surface area contributed by atoms with Crippen LogP contribution in [0.4, 0.5) is 0 Å². The quantitative estimate of drug-likeness (QED) is 0.398. The molecule has 0 unspecified atom stereocenters. The van der Waals surface area contributed by atoms with Crippen molar-refractivity contribution < 1.29 is 13.9 Å². The van der Waals surface area contributed by atoms with E-state index in [9.17, 15) is 4.79 Å². The Morgan fingerprint density at radius 3 is 2.71 bits per heavy atom. The van der Waals surface area contributed by atoms with Crippen molar-refractivity contribution in [2.24, 2.45) is 0 Å². The summed E-state index contributed by atoms with van der Waals surface area (Å²) in [6, 6.07) is 9.91. The lowest BCUT2D eigenvalue weighted by molar-refractivity contribution is -0.127. The molecule has 0 spiro atoms. The van der Waals surface area contributed by atoms with E-state index in [4.69, 9.17) is 15.0 Å². The zero-order valence-electron chi connectivity index (χ0n) is 18.6. The van der Waals surface area contributed by atoms with Gasteiger partial charge in [-0.1, -0.05) is 37.7 Å². The first-order chi connectivity index (χ1) is 14.7. The Kier molecular flexibility index (Phi) is 7.27. The maximum Gasteiger partial charge on any atom is 0.233 e. The van der Waals surface area contributed by atoms with Gasteiger partial charge in [0.15, 0.2) is 5.82 Å². The van der Waals surface area contributed by atoms with Crippen molar-refractivity contribution in [2.75, 3.05) is 18.6 Å². The van der Waals surface area contributed by atoms with Crippen LogP contribution in [0.5, 0.6) is 5.75 Å². The minimum absolute atomic E-state index is 0.0545. The summed E-state index contributed by atoms with van der Waals surface area (Å²) in [7, 11) is 1.74. The summed E-state index contributed by atoms with van der Waals surface area (Å²) in [5.74, 6) is 9.49. The van der Waals surface area contributed by atoms with Crippen LogP contribution in [-0.2, 0) is 17.9 Å². The normalized spacial score (nSPS) is 11.2. The number of carbonyl (C=O) groups is 1. The molecule has 0 saturated carbocycles. The zero-order valence-corrected chi connectivity index (χ0v) is 19.4. The van der Waals surface area contributed by atoms with Gasteiger partial charge in [0.05, 0.1) is 12.3 Å². The van der Waals surface area contributed by atoms with Crippen LogP contribution in [0.25, 0.3) is 0 Å². The number of ether oxygens (including phenoxy) is 1. The van der Waals surface area contributed by atoms with Crippen LogP contribution in [0, 0.1) is 13.8 Å². The summed E-state index contributed by atoms with van der Waals surface area (Å²) in [5.41, 5.74) is 2.25. The SMILES string of the molecule is Cc1ccc(C(C)C)c(OCc2nnc(SCC(=O)N(C)Cc3ccc(C)o3)n2N)c1. The number of aromatic nitrogens is 3. The summed E-state index contributed by atoms with van der Waals surface area (Å²) >= 11 is 1.24. The number of nitrogens with two attached hydrogens (primary N) is 1. The number of aryl methyl sites for hydroxylation is 2. The van der Waals surface area contributed by atoms with Crippen LogP contribution in [0.3, 0.4) is 0 Å². The van der Waals surface area contributed by atoms with Gasteiger partial charge in [-0.05, 0) is 49.1 Å². The summed E-state index contributed by atoms with van der Waals surface area (Å²) < 4.78 is 12.9. The second-order valence-electron chi connectivity index (χ2n) is 7.80. The third kappa shape index (κ3) is 5.81. The number of carbonyl (C=O) groups excluding carboxylic acids is 1. The molecular formula is C22H29N5O3S. The maximum atomic E-state index is 12.4. The van der Waals surface area contributed by atoms with Gasteiger partial charge in [0.1, 0.15) is 23.9 Å². The van der Waals surface area contributed by atoms with Gasteiger partial charge in [-0.2, -0.15) is 0 Å². The zero-order chi connectivity index (χ0) is 22.5. The van der Waals surface area contributed by atoms with Gasteiger partial charge in [-0.3, -0.25) is 4.79 Å². The van der Waals surface area contributed by atoms with E-state index in [0.717, 1.165) is 28.4 Å². The van der Waals surface area contributed by atoms with Crippen molar-refractivity contribution in [3.05, 3.63) is 58.8 Å². The Morgan fingerprint density at radius 1 is 1.26 bits per heavy atom. The second kappa shape index (κ2) is 9.91. The van der Waals surface area contributed by atoms with E-state index in [-0.39, 0.29) is 18.3 Å². The van der Waals surface area contributed by atoms with Crippen LogP contribution in [0.1, 0.15) is 48.2 Å². The standard InChI is InChI=1S/C22H29N5O3S/c1-14(2)18-9-6-15(3)10-19(18)29-12-20-24-25-22(27(20)23)31-13-21(28)26(5)11-17-8-7-16(4)30-17/h6-10,14H,11-13,23H2,1-5H3. The third-order valence-corrected chi connectivity index (χ3v) is 5.75. The molecule has 3 rings (SSSR count). The summed E-state index contributed by atoms with van der Waals surface area (Å²) in [5, 5.41) is 8.69. The molecule has 0 bridgehead atoms. The number of hydrogen-bond donors (Lipinski definition) is 1. The second-order valence-corrected chi connectivity index (χ2v) is 8.75. The highest BCUT2D eigenvalue weighted by Gasteiger charge is 2.17. The Labute approximate surface area is 186 Å². The van der Waals surface area contributed by atoms with Crippen LogP contribution < -0.4 is 10.6 Å². The molecule has 8 nitrogen and oxygen atoms in total. The molecular weight excluding hydrogens is 414 g/mol. The molecule has 0 aliphatic rings. The fraction of sp³-hybridized carbons (Fsp3) is 0.409. The van der Waals surface area contributed by atoms with Gasteiger partial charge in [0.2, 0.25) is 11.1 Å². The van der Waals surface area contributed by atoms with Crippen molar-refractivity contribution in [3.63, 3.8) is 0 Å². The lowest BCUT2D eigenvalue weighted by Crippen LogP contribution is -2.28. The van der Waals surface area contributed by atoms with Crippen LogP contribution in [-0.4, -0.2) is 38.5 Å². The molecule has 0 aliphatic heterocycles. The lowest BCUT2D eigenvalue weighted by atomic mass is 10.0. The average Bonchev–Trinajstić information content (AvgIpc) is 3.29. The highest BCUT2D eigenvalue weighted by molar-refractivity contribution is 7.99. The summed E-state index contributed by atoms with van der Waals surface area (Å²) in [6.45, 7) is 8.75. The number of nitrogen functional groups attached to an aromatic ring is 1. The molecule has 31 heavy (non-hydrogen) atoms. The number of furan rings is 1. The van der Waals surface area contributed by atoms with Crippen molar-refractivity contribution in [3.8, 4) is 5.75 Å². The third-order valence-electron chi connectivity index (χ3n) is 4.82. The van der Waals surface area contributed by atoms with Crippen molar-refractivity contribution in [1.82, 2.24) is 19.8 Å². The number of nitrogens with zero attached hydrogens (tertiary/aromatic N) is 4. The largest absolute Gasteiger partial charge is 0.485 e. The van der Waals surface area contributed by atoms with Crippen molar-refractivity contribution in [2.45, 2.75) is 51.9 Å². The molecule has 1 amide bonds. The van der Waals surface area contributed by atoms with E-state index in [2.05, 4.69) is 36.2 Å². The average molecular weight is 444 g/mol. The monoisotopic (exact) mass is 443 g/mol. The molecule has 2 heterocycles. The fourth-order valence-electron chi connectivity index (χ4n) is 3.02. The molecule has 0 saturated heterocycles. The molecule has 2 N–H and O–H groups in total. The van der Waals surface area contributed by atoms with E-state index >= 15 is 0 Å². The Morgan fingerprint density at radius 2 is 2.03 bits per heavy atom. The first-order valence-corrected chi connectivity index (χ1v) is 11.1. The van der Waals surface area contributed by atoms with E-state index in [1.54, 1.807) is 11.9 Å². The predicted molar refractivity (Wildman–Crippen MR) is 120 cm³/mol. The maximum absolute atomic E-state index is 12.4. The predicted octanol–water partition coefficient (Wildman–Crippen LogP) is 3.65. The number of amides is 1. The summed E-state index contributed by atoms with van der Waals surface area (Å²) in [4.78, 5) is 14.0. The number of thioether (sulfide) groups is 1. The minimum atomic E-state index is -0.0545. The molecule has 9 heteroatoms. The Hall–Kier alpha value is -2.94. The van der Waals surface area contributed by atoms with E-state index in [1.165, 1.54) is 16.4 Å². The molecule has 0 aliphatic carbocycles. The van der Waals surface area contributed by atoms with Gasteiger partial charge in [0, 0.05) is 7.05 Å². The van der Waals surface area contributed by atoms with Gasteiger partial charge in [-0.25, -0.2) is 4.68 Å². The Bertz CT molecular complexity index is 1040. The molecule has 0 radical (unpaired) electrons. The van der Waals surface area contributed by atoms with E-state index in [0.29, 0.717) is 23.4 Å². The van der Waals surface area contributed by atoms with Crippen LogP contribution in [0.2, 0.25) is 0 Å². The molecule has 2 aromatic heterocycles. The molecule has 1 aromatic carbocycles. The van der Waals surface area contributed by atoms with E-state index < -0.39 is 0 Å². The van der Waals surface area contributed by atoms with Crippen LogP contribution in [0.15, 0.2) is 39.9 Å². The molecule has 0 atom stereocenters. The number of benzene rings is 1. The topological polar surface area (TPSA) is 99.4 Å². The highest BCUT2D eigenvalue weighted by Crippen LogP contribution is 2.28. The summed E-state index contributed by atoms with van der Waals surface area (Å²) in [6.07, 6.45) is 0. The minimum Gasteiger partial charge on any atom is -0.485 e. The van der Waals surface area contributed by atoms with Crippen molar-refractivity contribution >= 4 is 17.7 Å². The first kappa shape index (κ1) is 22.7. The number of rotatable bonds is 9. The molecule has 3 aromatic rings. The lowest BCUT2D eigenvalue weighted by Gasteiger charge is -2.15. The van der Waals surface area contributed by atoms with Gasteiger partial charge in [-0.15, -0.1) is 10.2 Å². The Balaban J connectivity index is 1.57. The smallest absolute Gasteiger partial charge is 0.233 e. The van der Waals surface area contributed by atoms with Gasteiger partial charge in [0.25, 0.3) is 0 Å². The van der Waals surface area contributed by atoms with E-state index in [1.807, 2.05) is 32.0 Å². The van der Waals surface area contributed by atoms with Gasteiger partial charge < -0.3 is 19.9 Å². The van der Waals surface area contributed by atoms with Crippen LogP contribution >= 0.6 is 11.8 Å². The van der Waals surface area contributed by atoms with Gasteiger partial charge >= 0.3 is 0 Å². The highest BCUT2D eigenvalue weighted by atomic mass is 32.2. The fourth-order valence-corrected chi connectivity index (χ4v) is 3.83. The molecule has 166 valence electrons. The number of hydrogen-bond acceptors (Lipinski definition) is 7. The van der Waals surface area contributed by atoms with Crippen molar-refractivity contribution in [1.29, 1.82) is 0 Å².